The predicted molar refractivity (Wildman–Crippen MR) is 103 cm³/mol. The smallest absolute Gasteiger partial charge is 0.222 e. The summed E-state index contributed by atoms with van der Waals surface area (Å²) in [5.41, 5.74) is 0.240. The molecule has 1 amide bonds. The number of aryl methyl sites for hydroxylation is 1. The number of likely N-dealkylation sites (tertiary alicyclic amines) is 2. The van der Waals surface area contributed by atoms with Crippen LogP contribution in [0.15, 0.2) is 12.1 Å². The van der Waals surface area contributed by atoms with Gasteiger partial charge in [0.05, 0.1) is 6.61 Å². The lowest BCUT2D eigenvalue weighted by Gasteiger charge is -2.48. The second-order valence-corrected chi connectivity index (χ2v) is 9.08. The summed E-state index contributed by atoms with van der Waals surface area (Å²) in [6.07, 6.45) is 7.83. The molecule has 0 unspecified atom stereocenters. The van der Waals surface area contributed by atoms with Crippen LogP contribution in [0, 0.1) is 5.41 Å². The molecule has 3 rings (SSSR count). The maximum Gasteiger partial charge on any atom is 0.222 e. The van der Waals surface area contributed by atoms with Gasteiger partial charge in [-0.25, -0.2) is 0 Å². The molecule has 1 N–H and O–H groups in total. The Labute approximate surface area is 155 Å². The summed E-state index contributed by atoms with van der Waals surface area (Å²) in [5.74, 6) is 0.218. The molecule has 4 nitrogen and oxygen atoms in total. The maximum absolute atomic E-state index is 12.1. The standard InChI is InChI=1S/C20H32N2O2S/c1-2-3-5-17-6-7-18(25-17)14-21-11-4-9-20(15-21)10-8-19(24)22(16-20)12-13-23/h6-7,23H,2-5,8-16H2,1H3/t20-/m1/s1. The number of nitrogens with zero attached hydrogens (tertiary/aromatic N) is 2. The number of β-amino-alcohol motifs (C(OH)–C–C–N with tert-alkyl or cyclic N) is 1. The van der Waals surface area contributed by atoms with E-state index in [1.165, 1.54) is 41.9 Å². The van der Waals surface area contributed by atoms with Crippen molar-refractivity contribution in [3.8, 4) is 0 Å². The SMILES string of the molecule is CCCCc1ccc(CN2CCC[C@@]3(CCC(=O)N(CCO)C3)C2)s1. The minimum Gasteiger partial charge on any atom is -0.395 e. The second kappa shape index (κ2) is 8.65. The molecule has 2 aliphatic heterocycles. The summed E-state index contributed by atoms with van der Waals surface area (Å²) in [5, 5.41) is 9.23. The molecular weight excluding hydrogens is 332 g/mol. The van der Waals surface area contributed by atoms with Crippen LogP contribution in [0.3, 0.4) is 0 Å². The first-order valence-corrected chi connectivity index (χ1v) is 10.6. The molecule has 2 saturated heterocycles. The molecule has 25 heavy (non-hydrogen) atoms. The van der Waals surface area contributed by atoms with E-state index in [0.29, 0.717) is 13.0 Å². The van der Waals surface area contributed by atoms with Gasteiger partial charge in [-0.1, -0.05) is 13.3 Å². The summed E-state index contributed by atoms with van der Waals surface area (Å²) in [6, 6.07) is 4.61. The third kappa shape index (κ3) is 4.83. The van der Waals surface area contributed by atoms with E-state index in [9.17, 15) is 9.90 Å². The van der Waals surface area contributed by atoms with Crippen molar-refractivity contribution in [3.05, 3.63) is 21.9 Å². The number of carbonyl (C=O) groups excluding carboxylic acids is 1. The number of rotatable bonds is 7. The molecule has 3 heterocycles. The van der Waals surface area contributed by atoms with Crippen molar-refractivity contribution in [1.82, 2.24) is 9.80 Å². The van der Waals surface area contributed by atoms with Crippen LogP contribution < -0.4 is 0 Å². The van der Waals surface area contributed by atoms with E-state index in [1.807, 2.05) is 16.2 Å². The van der Waals surface area contributed by atoms with E-state index >= 15 is 0 Å². The third-order valence-corrected chi connectivity index (χ3v) is 6.86. The van der Waals surface area contributed by atoms with Crippen LogP contribution in [0.4, 0.5) is 0 Å². The molecule has 0 saturated carbocycles. The fraction of sp³-hybridized carbons (Fsp3) is 0.750. The molecule has 1 spiro atoms. The number of hydrogen-bond acceptors (Lipinski definition) is 4. The predicted octanol–water partition coefficient (Wildman–Crippen LogP) is 3.29. The van der Waals surface area contributed by atoms with Gasteiger partial charge in [-0.15, -0.1) is 11.3 Å². The quantitative estimate of drug-likeness (QED) is 0.807. The van der Waals surface area contributed by atoms with E-state index in [1.54, 1.807) is 0 Å². The molecule has 1 aromatic heterocycles. The molecule has 5 heteroatoms. The highest BCUT2D eigenvalue weighted by Crippen LogP contribution is 2.39. The number of thiophene rings is 1. The Morgan fingerprint density at radius 3 is 2.88 bits per heavy atom. The number of aliphatic hydroxyl groups is 1. The fourth-order valence-corrected chi connectivity index (χ4v) is 5.52. The number of amides is 1. The Balaban J connectivity index is 1.59. The Kier molecular flexibility index (Phi) is 6.53. The number of unbranched alkanes of at least 4 members (excludes halogenated alkanes) is 1. The van der Waals surface area contributed by atoms with Gasteiger partial charge in [-0.2, -0.15) is 0 Å². The molecule has 2 aliphatic rings. The van der Waals surface area contributed by atoms with Crippen LogP contribution in [0.25, 0.3) is 0 Å². The lowest BCUT2D eigenvalue weighted by molar-refractivity contribution is -0.140. The summed E-state index contributed by atoms with van der Waals surface area (Å²) in [6.45, 7) is 6.94. The Hall–Kier alpha value is -0.910. The summed E-state index contributed by atoms with van der Waals surface area (Å²) in [4.78, 5) is 19.5. The Bertz CT molecular complexity index is 574. The van der Waals surface area contributed by atoms with Crippen molar-refractivity contribution >= 4 is 17.2 Å². The fourth-order valence-electron chi connectivity index (χ4n) is 4.42. The van der Waals surface area contributed by atoms with E-state index in [0.717, 1.165) is 32.6 Å². The van der Waals surface area contributed by atoms with Crippen molar-refractivity contribution in [2.45, 2.75) is 58.4 Å². The van der Waals surface area contributed by atoms with Crippen molar-refractivity contribution < 1.29 is 9.90 Å². The monoisotopic (exact) mass is 364 g/mol. The van der Waals surface area contributed by atoms with Gasteiger partial charge in [0.25, 0.3) is 0 Å². The highest BCUT2D eigenvalue weighted by molar-refractivity contribution is 7.11. The molecule has 1 atom stereocenters. The Morgan fingerprint density at radius 1 is 1.24 bits per heavy atom. The van der Waals surface area contributed by atoms with Crippen LogP contribution in [0.2, 0.25) is 0 Å². The van der Waals surface area contributed by atoms with Crippen molar-refractivity contribution in [1.29, 1.82) is 0 Å². The molecule has 2 fully saturated rings. The minimum absolute atomic E-state index is 0.0707. The van der Waals surface area contributed by atoms with Crippen LogP contribution in [0.1, 0.15) is 55.2 Å². The normalized spacial score (nSPS) is 25.0. The van der Waals surface area contributed by atoms with E-state index in [-0.39, 0.29) is 17.9 Å². The van der Waals surface area contributed by atoms with E-state index < -0.39 is 0 Å². The molecule has 140 valence electrons. The van der Waals surface area contributed by atoms with Gasteiger partial charge in [0, 0.05) is 47.8 Å². The van der Waals surface area contributed by atoms with Crippen molar-refractivity contribution in [2.24, 2.45) is 5.41 Å². The van der Waals surface area contributed by atoms with Crippen molar-refractivity contribution in [2.75, 3.05) is 32.8 Å². The lowest BCUT2D eigenvalue weighted by atomic mass is 9.73. The van der Waals surface area contributed by atoms with Crippen molar-refractivity contribution in [3.63, 3.8) is 0 Å². The zero-order valence-electron chi connectivity index (χ0n) is 15.5. The molecule has 1 aromatic rings. The largest absolute Gasteiger partial charge is 0.395 e. The van der Waals surface area contributed by atoms with Gasteiger partial charge >= 0.3 is 0 Å². The minimum atomic E-state index is 0.0707. The lowest BCUT2D eigenvalue weighted by Crippen LogP contribution is -2.54. The average molecular weight is 365 g/mol. The second-order valence-electron chi connectivity index (χ2n) is 7.82. The number of aliphatic hydroxyl groups excluding tert-OH is 1. The number of carbonyl (C=O) groups is 1. The van der Waals surface area contributed by atoms with Gasteiger partial charge in [0.1, 0.15) is 0 Å². The van der Waals surface area contributed by atoms with Gasteiger partial charge in [-0.05, 0) is 50.8 Å². The zero-order valence-corrected chi connectivity index (χ0v) is 16.3. The van der Waals surface area contributed by atoms with E-state index in [2.05, 4.69) is 24.0 Å². The Morgan fingerprint density at radius 2 is 2.08 bits per heavy atom. The molecular formula is C20H32N2O2S. The van der Waals surface area contributed by atoms with Gasteiger partial charge < -0.3 is 10.0 Å². The zero-order chi connectivity index (χ0) is 17.7. The van der Waals surface area contributed by atoms with Gasteiger partial charge in [0.15, 0.2) is 0 Å². The maximum atomic E-state index is 12.1. The summed E-state index contributed by atoms with van der Waals surface area (Å²) < 4.78 is 0. The molecule has 0 aliphatic carbocycles. The third-order valence-electron chi connectivity index (χ3n) is 5.73. The van der Waals surface area contributed by atoms with Gasteiger partial charge in [-0.3, -0.25) is 9.69 Å². The van der Waals surface area contributed by atoms with Crippen LogP contribution in [-0.2, 0) is 17.8 Å². The van der Waals surface area contributed by atoms with Crippen LogP contribution in [-0.4, -0.2) is 53.6 Å². The first kappa shape index (κ1) is 18.9. The average Bonchev–Trinajstić information content (AvgIpc) is 3.04. The highest BCUT2D eigenvalue weighted by atomic mass is 32.1. The summed E-state index contributed by atoms with van der Waals surface area (Å²) >= 11 is 1.97. The van der Waals surface area contributed by atoms with Crippen LogP contribution >= 0.6 is 11.3 Å². The molecule has 0 aromatic carbocycles. The van der Waals surface area contributed by atoms with Crippen LogP contribution in [0.5, 0.6) is 0 Å². The topological polar surface area (TPSA) is 43.8 Å². The molecule has 0 radical (unpaired) electrons. The first-order chi connectivity index (χ1) is 12.1. The molecule has 0 bridgehead atoms. The highest BCUT2D eigenvalue weighted by Gasteiger charge is 2.41. The van der Waals surface area contributed by atoms with E-state index in [4.69, 9.17) is 0 Å². The summed E-state index contributed by atoms with van der Waals surface area (Å²) in [7, 11) is 0. The number of piperidine rings is 2. The number of hydrogen-bond donors (Lipinski definition) is 1. The first-order valence-electron chi connectivity index (χ1n) is 9.83. The van der Waals surface area contributed by atoms with Gasteiger partial charge in [0.2, 0.25) is 5.91 Å².